The van der Waals surface area contributed by atoms with E-state index in [1.165, 1.54) is 25.7 Å². The number of nitrogens with zero attached hydrogens (tertiary/aromatic N) is 1. The van der Waals surface area contributed by atoms with Gasteiger partial charge in [-0.05, 0) is 65.8 Å². The Hall–Kier alpha value is -0.770. The lowest BCUT2D eigenvalue weighted by molar-refractivity contribution is 0.0231. The Labute approximate surface area is 136 Å². The molecule has 0 saturated heterocycles. The molecular weight excluding hydrogens is 276 g/mol. The van der Waals surface area contributed by atoms with Gasteiger partial charge in [-0.3, -0.25) is 0 Å². The number of nitrogens with one attached hydrogen (secondary N) is 1. The van der Waals surface area contributed by atoms with Gasteiger partial charge >= 0.3 is 6.09 Å². The summed E-state index contributed by atoms with van der Waals surface area (Å²) in [5, 5.41) is 3.60. The Balaban J connectivity index is 1.63. The van der Waals surface area contributed by atoms with Crippen LogP contribution in [0.25, 0.3) is 0 Å². The number of amides is 1. The molecule has 0 spiro atoms. The molecule has 0 aromatic heterocycles. The van der Waals surface area contributed by atoms with Gasteiger partial charge in [-0.1, -0.05) is 19.3 Å². The van der Waals surface area contributed by atoms with Gasteiger partial charge in [0.15, 0.2) is 0 Å². The highest BCUT2D eigenvalue weighted by Gasteiger charge is 2.34. The van der Waals surface area contributed by atoms with E-state index in [-0.39, 0.29) is 6.09 Å². The lowest BCUT2D eigenvalue weighted by Crippen LogP contribution is -2.40. The minimum Gasteiger partial charge on any atom is -0.444 e. The fraction of sp³-hybridized carbons (Fsp3) is 0.944. The van der Waals surface area contributed by atoms with Crippen LogP contribution < -0.4 is 5.32 Å². The topological polar surface area (TPSA) is 41.6 Å². The van der Waals surface area contributed by atoms with Crippen molar-refractivity contribution in [3.05, 3.63) is 0 Å². The van der Waals surface area contributed by atoms with Crippen molar-refractivity contribution in [2.24, 2.45) is 5.92 Å². The third-order valence-electron chi connectivity index (χ3n) is 4.60. The van der Waals surface area contributed by atoms with Crippen molar-refractivity contribution >= 4 is 6.09 Å². The van der Waals surface area contributed by atoms with E-state index < -0.39 is 5.60 Å². The smallest absolute Gasteiger partial charge is 0.410 e. The largest absolute Gasteiger partial charge is 0.444 e. The fourth-order valence-corrected chi connectivity index (χ4v) is 3.04. The van der Waals surface area contributed by atoms with Crippen LogP contribution in [-0.2, 0) is 4.74 Å². The summed E-state index contributed by atoms with van der Waals surface area (Å²) in [7, 11) is 0. The first kappa shape index (κ1) is 17.6. The minimum atomic E-state index is -0.403. The van der Waals surface area contributed by atoms with Crippen LogP contribution in [0.3, 0.4) is 0 Å². The summed E-state index contributed by atoms with van der Waals surface area (Å²) in [6.45, 7) is 9.87. The average Bonchev–Trinajstić information content (AvgIpc) is 3.15. The van der Waals surface area contributed by atoms with Gasteiger partial charge in [0, 0.05) is 18.6 Å². The Bertz CT molecular complexity index is 357. The highest BCUT2D eigenvalue weighted by Crippen LogP contribution is 2.30. The molecule has 4 heteroatoms. The SMILES string of the molecule is CC(CC1CCC1)NCCCN(C(=O)OC(C)(C)C)C1CC1. The maximum absolute atomic E-state index is 12.2. The summed E-state index contributed by atoms with van der Waals surface area (Å²) in [5.74, 6) is 0.951. The highest BCUT2D eigenvalue weighted by molar-refractivity contribution is 5.69. The zero-order chi connectivity index (χ0) is 16.2. The van der Waals surface area contributed by atoms with E-state index in [1.807, 2.05) is 25.7 Å². The second kappa shape index (κ2) is 7.67. The second-order valence-electron chi connectivity index (χ2n) is 8.15. The van der Waals surface area contributed by atoms with Crippen LogP contribution in [0.2, 0.25) is 0 Å². The monoisotopic (exact) mass is 310 g/mol. The van der Waals surface area contributed by atoms with Gasteiger partial charge in [0.05, 0.1) is 0 Å². The fourth-order valence-electron chi connectivity index (χ4n) is 3.04. The molecule has 0 aliphatic heterocycles. The van der Waals surface area contributed by atoms with Crippen LogP contribution in [0.5, 0.6) is 0 Å². The first-order valence-electron chi connectivity index (χ1n) is 9.08. The van der Waals surface area contributed by atoms with Crippen LogP contribution in [0.15, 0.2) is 0 Å². The lowest BCUT2D eigenvalue weighted by Gasteiger charge is -2.29. The van der Waals surface area contributed by atoms with E-state index in [1.54, 1.807) is 0 Å². The molecule has 0 radical (unpaired) electrons. The van der Waals surface area contributed by atoms with E-state index in [2.05, 4.69) is 12.2 Å². The van der Waals surface area contributed by atoms with E-state index in [0.29, 0.717) is 12.1 Å². The molecular formula is C18H34N2O2. The minimum absolute atomic E-state index is 0.141. The van der Waals surface area contributed by atoms with Crippen molar-refractivity contribution in [2.75, 3.05) is 13.1 Å². The lowest BCUT2D eigenvalue weighted by atomic mass is 9.81. The predicted octanol–water partition coefficient (Wildman–Crippen LogP) is 3.94. The van der Waals surface area contributed by atoms with Crippen molar-refractivity contribution in [1.82, 2.24) is 10.2 Å². The average molecular weight is 310 g/mol. The quantitative estimate of drug-likeness (QED) is 0.690. The van der Waals surface area contributed by atoms with Crippen molar-refractivity contribution in [3.8, 4) is 0 Å². The molecule has 0 aromatic rings. The number of carbonyl (C=O) groups excluding carboxylic acids is 1. The molecule has 2 saturated carbocycles. The predicted molar refractivity (Wildman–Crippen MR) is 90.0 cm³/mol. The van der Waals surface area contributed by atoms with Gasteiger partial charge in [-0.25, -0.2) is 4.79 Å². The van der Waals surface area contributed by atoms with Crippen LogP contribution >= 0.6 is 0 Å². The zero-order valence-electron chi connectivity index (χ0n) is 14.9. The van der Waals surface area contributed by atoms with Crippen LogP contribution in [0.4, 0.5) is 4.79 Å². The molecule has 1 amide bonds. The van der Waals surface area contributed by atoms with Gasteiger partial charge in [0.25, 0.3) is 0 Å². The Morgan fingerprint density at radius 3 is 2.45 bits per heavy atom. The number of hydrogen-bond acceptors (Lipinski definition) is 3. The Morgan fingerprint density at radius 1 is 1.27 bits per heavy atom. The number of hydrogen-bond donors (Lipinski definition) is 1. The molecule has 0 aromatic carbocycles. The first-order valence-corrected chi connectivity index (χ1v) is 9.08. The van der Waals surface area contributed by atoms with Crippen LogP contribution in [0, 0.1) is 5.92 Å². The van der Waals surface area contributed by atoms with E-state index in [9.17, 15) is 4.79 Å². The molecule has 2 rings (SSSR count). The summed E-state index contributed by atoms with van der Waals surface area (Å²) in [4.78, 5) is 14.2. The van der Waals surface area contributed by atoms with Crippen LogP contribution in [0.1, 0.15) is 72.6 Å². The van der Waals surface area contributed by atoms with Crippen molar-refractivity contribution < 1.29 is 9.53 Å². The van der Waals surface area contributed by atoms with Crippen molar-refractivity contribution in [1.29, 1.82) is 0 Å². The van der Waals surface area contributed by atoms with E-state index >= 15 is 0 Å². The maximum atomic E-state index is 12.2. The van der Waals surface area contributed by atoms with Crippen molar-refractivity contribution in [3.63, 3.8) is 0 Å². The summed E-state index contributed by atoms with van der Waals surface area (Å²) in [5.41, 5.74) is -0.403. The molecule has 1 atom stereocenters. The Morgan fingerprint density at radius 2 is 1.95 bits per heavy atom. The van der Waals surface area contributed by atoms with E-state index in [0.717, 1.165) is 38.3 Å². The van der Waals surface area contributed by atoms with E-state index in [4.69, 9.17) is 4.74 Å². The molecule has 2 fully saturated rings. The van der Waals surface area contributed by atoms with Gasteiger partial charge in [0.2, 0.25) is 0 Å². The van der Waals surface area contributed by atoms with Gasteiger partial charge < -0.3 is 15.0 Å². The Kier molecular flexibility index (Phi) is 6.13. The summed E-state index contributed by atoms with van der Waals surface area (Å²) >= 11 is 0. The molecule has 4 nitrogen and oxygen atoms in total. The van der Waals surface area contributed by atoms with Gasteiger partial charge in [-0.15, -0.1) is 0 Å². The molecule has 22 heavy (non-hydrogen) atoms. The number of rotatable bonds is 8. The molecule has 128 valence electrons. The third kappa shape index (κ3) is 6.15. The number of ether oxygens (including phenoxy) is 1. The first-order chi connectivity index (χ1) is 10.3. The standard InChI is InChI=1S/C18H34N2O2/c1-14(13-15-7-5-8-15)19-11-6-12-20(16-9-10-16)17(21)22-18(2,3)4/h14-16,19H,5-13H2,1-4H3. The third-order valence-corrected chi connectivity index (χ3v) is 4.60. The highest BCUT2D eigenvalue weighted by atomic mass is 16.6. The normalized spacial score (nSPS) is 20.4. The molecule has 1 N–H and O–H groups in total. The maximum Gasteiger partial charge on any atom is 0.410 e. The van der Waals surface area contributed by atoms with Crippen molar-refractivity contribution in [2.45, 2.75) is 90.3 Å². The molecule has 2 aliphatic rings. The molecule has 1 unspecified atom stereocenters. The summed E-state index contributed by atoms with van der Waals surface area (Å²) in [6, 6.07) is 1.02. The van der Waals surface area contributed by atoms with Gasteiger partial charge in [-0.2, -0.15) is 0 Å². The second-order valence-corrected chi connectivity index (χ2v) is 8.15. The van der Waals surface area contributed by atoms with Crippen LogP contribution in [-0.4, -0.2) is 41.8 Å². The molecule has 0 bridgehead atoms. The zero-order valence-corrected chi connectivity index (χ0v) is 14.9. The van der Waals surface area contributed by atoms with Gasteiger partial charge in [0.1, 0.15) is 5.60 Å². The number of carbonyl (C=O) groups is 1. The molecule has 0 heterocycles. The molecule has 2 aliphatic carbocycles. The summed E-state index contributed by atoms with van der Waals surface area (Å²) in [6.07, 6.45) is 8.68. The summed E-state index contributed by atoms with van der Waals surface area (Å²) < 4.78 is 5.52.